The van der Waals surface area contributed by atoms with Crippen LogP contribution in [-0.4, -0.2) is 37.7 Å². The number of ether oxygens (including phenoxy) is 1. The number of nitrogens with one attached hydrogen (secondary N) is 2. The molecule has 4 heteroatoms. The van der Waals surface area contributed by atoms with Gasteiger partial charge < -0.3 is 15.4 Å². The molecule has 0 aromatic rings. The average Bonchev–Trinajstić information content (AvgIpc) is 3.04. The summed E-state index contributed by atoms with van der Waals surface area (Å²) in [5, 5.41) is 6.25. The molecule has 0 bridgehead atoms. The molecule has 0 radical (unpaired) electrons. The normalized spacial score (nSPS) is 28.3. The Morgan fingerprint density at radius 2 is 2.35 bits per heavy atom. The Morgan fingerprint density at radius 1 is 1.53 bits per heavy atom. The molecule has 98 valence electrons. The van der Waals surface area contributed by atoms with Gasteiger partial charge in [0, 0.05) is 19.8 Å². The van der Waals surface area contributed by atoms with Crippen LogP contribution in [0.15, 0.2) is 0 Å². The first kappa shape index (κ1) is 12.8. The Labute approximate surface area is 103 Å². The molecule has 0 spiro atoms. The van der Waals surface area contributed by atoms with Crippen LogP contribution >= 0.6 is 0 Å². The number of hydrogen-bond acceptors (Lipinski definition) is 3. The van der Waals surface area contributed by atoms with E-state index in [1.165, 1.54) is 12.8 Å². The lowest BCUT2D eigenvalue weighted by molar-refractivity contribution is -0.126. The lowest BCUT2D eigenvalue weighted by Gasteiger charge is -2.22. The summed E-state index contributed by atoms with van der Waals surface area (Å²) in [4.78, 5) is 11.9. The maximum Gasteiger partial charge on any atom is 0.240 e. The summed E-state index contributed by atoms with van der Waals surface area (Å²) in [5.41, 5.74) is -0.338. The van der Waals surface area contributed by atoms with Gasteiger partial charge in [-0.05, 0) is 51.5 Å². The Morgan fingerprint density at radius 3 is 3.00 bits per heavy atom. The molecule has 2 fully saturated rings. The highest BCUT2D eigenvalue weighted by molar-refractivity contribution is 5.86. The van der Waals surface area contributed by atoms with Gasteiger partial charge in [-0.1, -0.05) is 0 Å². The third-order valence-corrected chi connectivity index (χ3v) is 3.67. The topological polar surface area (TPSA) is 50.4 Å². The largest absolute Gasteiger partial charge is 0.381 e. The Hall–Kier alpha value is -0.610. The molecule has 1 aliphatic heterocycles. The van der Waals surface area contributed by atoms with Crippen LogP contribution in [0.1, 0.15) is 39.0 Å². The maximum atomic E-state index is 11.9. The van der Waals surface area contributed by atoms with Crippen molar-refractivity contribution in [3.8, 4) is 0 Å². The molecule has 0 aromatic carbocycles. The highest BCUT2D eigenvalue weighted by Gasteiger charge is 2.35. The standard InChI is InChI=1S/C13H24N2O2/c1-13(6-2-8-15-13)12(16)14-7-3-9-17-10-11-4-5-11/h11,15H,2-10H2,1H3,(H,14,16). The van der Waals surface area contributed by atoms with Gasteiger partial charge in [-0.3, -0.25) is 4.79 Å². The van der Waals surface area contributed by atoms with E-state index in [9.17, 15) is 4.79 Å². The first-order valence-corrected chi connectivity index (χ1v) is 6.82. The van der Waals surface area contributed by atoms with Gasteiger partial charge in [0.1, 0.15) is 0 Å². The molecule has 1 unspecified atom stereocenters. The van der Waals surface area contributed by atoms with Crippen LogP contribution in [0, 0.1) is 5.92 Å². The summed E-state index contributed by atoms with van der Waals surface area (Å²) in [6, 6.07) is 0. The Bertz CT molecular complexity index is 258. The minimum atomic E-state index is -0.338. The van der Waals surface area contributed by atoms with Crippen LogP contribution in [-0.2, 0) is 9.53 Å². The molecule has 2 aliphatic rings. The van der Waals surface area contributed by atoms with Crippen molar-refractivity contribution >= 4 is 5.91 Å². The van der Waals surface area contributed by atoms with E-state index in [1.807, 2.05) is 6.92 Å². The van der Waals surface area contributed by atoms with Crippen molar-refractivity contribution in [3.63, 3.8) is 0 Å². The molecule has 1 amide bonds. The van der Waals surface area contributed by atoms with Gasteiger partial charge >= 0.3 is 0 Å². The van der Waals surface area contributed by atoms with Crippen LogP contribution in [0.2, 0.25) is 0 Å². The molecule has 17 heavy (non-hydrogen) atoms. The molecule has 2 rings (SSSR count). The molecule has 1 aliphatic carbocycles. The highest BCUT2D eigenvalue weighted by atomic mass is 16.5. The van der Waals surface area contributed by atoms with Crippen molar-refractivity contribution in [3.05, 3.63) is 0 Å². The second-order valence-corrected chi connectivity index (χ2v) is 5.49. The second kappa shape index (κ2) is 5.83. The quantitative estimate of drug-likeness (QED) is 0.654. The summed E-state index contributed by atoms with van der Waals surface area (Å²) in [6.07, 6.45) is 5.61. The third kappa shape index (κ3) is 3.96. The van der Waals surface area contributed by atoms with Crippen LogP contribution < -0.4 is 10.6 Å². The zero-order chi connectivity index (χ0) is 12.1. The monoisotopic (exact) mass is 240 g/mol. The highest BCUT2D eigenvalue weighted by Crippen LogP contribution is 2.28. The van der Waals surface area contributed by atoms with E-state index in [4.69, 9.17) is 4.74 Å². The fourth-order valence-electron chi connectivity index (χ4n) is 2.19. The number of carbonyl (C=O) groups excluding carboxylic acids is 1. The van der Waals surface area contributed by atoms with E-state index >= 15 is 0 Å². The summed E-state index contributed by atoms with van der Waals surface area (Å²) >= 11 is 0. The number of hydrogen-bond donors (Lipinski definition) is 2. The van der Waals surface area contributed by atoms with Crippen molar-refractivity contribution < 1.29 is 9.53 Å². The summed E-state index contributed by atoms with van der Waals surface area (Å²) in [7, 11) is 0. The fourth-order valence-corrected chi connectivity index (χ4v) is 2.19. The van der Waals surface area contributed by atoms with Gasteiger partial charge in [0.15, 0.2) is 0 Å². The van der Waals surface area contributed by atoms with Gasteiger partial charge in [0.05, 0.1) is 5.54 Å². The Balaban J connectivity index is 1.50. The lowest BCUT2D eigenvalue weighted by atomic mass is 9.99. The third-order valence-electron chi connectivity index (χ3n) is 3.67. The van der Waals surface area contributed by atoms with Gasteiger partial charge in [-0.25, -0.2) is 0 Å². The van der Waals surface area contributed by atoms with Gasteiger partial charge in [-0.15, -0.1) is 0 Å². The smallest absolute Gasteiger partial charge is 0.240 e. The van der Waals surface area contributed by atoms with Crippen molar-refractivity contribution in [2.75, 3.05) is 26.3 Å². The molecule has 2 N–H and O–H groups in total. The molecule has 4 nitrogen and oxygen atoms in total. The average molecular weight is 240 g/mol. The van der Waals surface area contributed by atoms with Gasteiger partial charge in [0.2, 0.25) is 5.91 Å². The predicted molar refractivity (Wildman–Crippen MR) is 66.8 cm³/mol. The SMILES string of the molecule is CC1(C(=O)NCCCOCC2CC2)CCCN1. The molecule has 1 atom stereocenters. The van der Waals surface area contributed by atoms with E-state index < -0.39 is 0 Å². The fraction of sp³-hybridized carbons (Fsp3) is 0.923. The lowest BCUT2D eigenvalue weighted by Crippen LogP contribution is -2.51. The van der Waals surface area contributed by atoms with Crippen LogP contribution in [0.25, 0.3) is 0 Å². The Kier molecular flexibility index (Phi) is 4.40. The minimum Gasteiger partial charge on any atom is -0.381 e. The van der Waals surface area contributed by atoms with Crippen LogP contribution in [0.5, 0.6) is 0 Å². The first-order chi connectivity index (χ1) is 8.21. The van der Waals surface area contributed by atoms with E-state index in [0.29, 0.717) is 0 Å². The van der Waals surface area contributed by atoms with E-state index in [1.54, 1.807) is 0 Å². The summed E-state index contributed by atoms with van der Waals surface area (Å²) in [6.45, 7) is 5.34. The minimum absolute atomic E-state index is 0.136. The van der Waals surface area contributed by atoms with Crippen LogP contribution in [0.4, 0.5) is 0 Å². The molecular weight excluding hydrogens is 216 g/mol. The number of rotatable bonds is 7. The van der Waals surface area contributed by atoms with Crippen molar-refractivity contribution in [1.29, 1.82) is 0 Å². The van der Waals surface area contributed by atoms with E-state index in [-0.39, 0.29) is 11.4 Å². The maximum absolute atomic E-state index is 11.9. The molecular formula is C13H24N2O2. The van der Waals surface area contributed by atoms with E-state index in [0.717, 1.165) is 51.5 Å². The van der Waals surface area contributed by atoms with Gasteiger partial charge in [-0.2, -0.15) is 0 Å². The van der Waals surface area contributed by atoms with E-state index in [2.05, 4.69) is 10.6 Å². The van der Waals surface area contributed by atoms with Crippen molar-refractivity contribution in [1.82, 2.24) is 10.6 Å². The zero-order valence-corrected chi connectivity index (χ0v) is 10.8. The second-order valence-electron chi connectivity index (χ2n) is 5.49. The predicted octanol–water partition coefficient (Wildman–Crippen LogP) is 1.06. The first-order valence-electron chi connectivity index (χ1n) is 6.82. The summed E-state index contributed by atoms with van der Waals surface area (Å²) in [5.74, 6) is 0.961. The number of amides is 1. The summed E-state index contributed by atoms with van der Waals surface area (Å²) < 4.78 is 5.52. The number of carbonyl (C=O) groups is 1. The molecule has 0 aromatic heterocycles. The van der Waals surface area contributed by atoms with Crippen LogP contribution in [0.3, 0.4) is 0 Å². The van der Waals surface area contributed by atoms with Crippen molar-refractivity contribution in [2.24, 2.45) is 5.92 Å². The van der Waals surface area contributed by atoms with Gasteiger partial charge in [0.25, 0.3) is 0 Å². The van der Waals surface area contributed by atoms with Crippen molar-refractivity contribution in [2.45, 2.75) is 44.6 Å². The molecule has 1 saturated heterocycles. The molecule has 1 heterocycles. The zero-order valence-electron chi connectivity index (χ0n) is 10.8. The molecule has 1 saturated carbocycles.